The van der Waals surface area contributed by atoms with Gasteiger partial charge < -0.3 is 14.5 Å². The van der Waals surface area contributed by atoms with Crippen molar-refractivity contribution in [1.29, 1.82) is 0 Å². The molecule has 8 nitrogen and oxygen atoms in total. The molecule has 1 N–H and O–H groups in total. The molecule has 3 heterocycles. The minimum atomic E-state index is -4.33. The molecule has 0 saturated carbocycles. The number of fused-ring (bicyclic) bond motifs is 1. The lowest BCUT2D eigenvalue weighted by Crippen LogP contribution is -2.49. The standard InChI is InChI=1S/C19H15ClN2O6S2/c1-10-18(23)21-12-8-11(20)5-6-13(12)22(10)30(25,26)16-9-15(14-4-3-7-28-14)29-17(16)19(24)27-2/h3-10H,1-2H3,(H,21,23). The monoisotopic (exact) mass is 466 g/mol. The summed E-state index contributed by atoms with van der Waals surface area (Å²) in [7, 11) is -3.16. The second-order valence-corrected chi connectivity index (χ2v) is 9.67. The number of nitrogens with zero attached hydrogens (tertiary/aromatic N) is 1. The molecule has 0 aliphatic carbocycles. The van der Waals surface area contributed by atoms with Crippen LogP contribution in [0.1, 0.15) is 16.6 Å². The smallest absolute Gasteiger partial charge is 0.349 e. The predicted molar refractivity (Wildman–Crippen MR) is 113 cm³/mol. The Morgan fingerprint density at radius 3 is 2.73 bits per heavy atom. The van der Waals surface area contributed by atoms with Gasteiger partial charge in [-0.1, -0.05) is 11.6 Å². The first-order valence-electron chi connectivity index (χ1n) is 8.65. The van der Waals surface area contributed by atoms with E-state index in [0.29, 0.717) is 15.7 Å². The fraction of sp³-hybridized carbons (Fsp3) is 0.158. The zero-order chi connectivity index (χ0) is 21.6. The fourth-order valence-corrected chi connectivity index (χ4v) is 6.49. The molecule has 1 aliphatic heterocycles. The third-order valence-electron chi connectivity index (χ3n) is 4.55. The average Bonchev–Trinajstić information content (AvgIpc) is 3.38. The van der Waals surface area contributed by atoms with E-state index in [-0.39, 0.29) is 21.1 Å². The number of halogens is 1. The van der Waals surface area contributed by atoms with E-state index in [2.05, 4.69) is 5.32 Å². The van der Waals surface area contributed by atoms with Gasteiger partial charge in [-0.15, -0.1) is 11.3 Å². The molecular weight excluding hydrogens is 452 g/mol. The van der Waals surface area contributed by atoms with Crippen molar-refractivity contribution in [2.24, 2.45) is 0 Å². The normalized spacial score (nSPS) is 16.2. The van der Waals surface area contributed by atoms with Gasteiger partial charge in [-0.3, -0.25) is 9.10 Å². The largest absolute Gasteiger partial charge is 0.465 e. The van der Waals surface area contributed by atoms with Crippen LogP contribution in [-0.4, -0.2) is 33.4 Å². The molecule has 0 spiro atoms. The van der Waals surface area contributed by atoms with Gasteiger partial charge in [0.1, 0.15) is 21.6 Å². The van der Waals surface area contributed by atoms with Crippen molar-refractivity contribution < 1.29 is 27.2 Å². The fourth-order valence-electron chi connectivity index (χ4n) is 3.14. The number of furan rings is 1. The van der Waals surface area contributed by atoms with Crippen LogP contribution in [-0.2, 0) is 19.6 Å². The highest BCUT2D eigenvalue weighted by molar-refractivity contribution is 7.93. The van der Waals surface area contributed by atoms with E-state index in [4.69, 9.17) is 20.8 Å². The molecule has 1 atom stereocenters. The molecule has 11 heteroatoms. The van der Waals surface area contributed by atoms with Gasteiger partial charge in [0.25, 0.3) is 10.0 Å². The molecule has 1 amide bonds. The Bertz CT molecular complexity index is 1250. The minimum absolute atomic E-state index is 0.113. The number of rotatable bonds is 4. The molecule has 0 bridgehead atoms. The lowest BCUT2D eigenvalue weighted by atomic mass is 10.1. The van der Waals surface area contributed by atoms with E-state index in [1.165, 1.54) is 44.6 Å². The third kappa shape index (κ3) is 3.26. The predicted octanol–water partition coefficient (Wildman–Crippen LogP) is 3.98. The van der Waals surface area contributed by atoms with Gasteiger partial charge in [0.05, 0.1) is 29.6 Å². The number of anilines is 2. The van der Waals surface area contributed by atoms with Crippen LogP contribution in [0.2, 0.25) is 5.02 Å². The summed E-state index contributed by atoms with van der Waals surface area (Å²) >= 11 is 6.93. The molecule has 0 radical (unpaired) electrons. The van der Waals surface area contributed by atoms with Crippen LogP contribution >= 0.6 is 22.9 Å². The number of sulfonamides is 1. The second kappa shape index (κ2) is 7.46. The number of amides is 1. The maximum Gasteiger partial charge on any atom is 0.349 e. The summed E-state index contributed by atoms with van der Waals surface area (Å²) < 4.78 is 38.5. The van der Waals surface area contributed by atoms with E-state index in [0.717, 1.165) is 15.6 Å². The van der Waals surface area contributed by atoms with E-state index >= 15 is 0 Å². The van der Waals surface area contributed by atoms with Gasteiger partial charge in [0, 0.05) is 5.02 Å². The Kier molecular flexibility index (Phi) is 5.08. The highest BCUT2D eigenvalue weighted by atomic mass is 35.5. The summed E-state index contributed by atoms with van der Waals surface area (Å²) in [6.07, 6.45) is 1.44. The summed E-state index contributed by atoms with van der Waals surface area (Å²) in [4.78, 5) is 24.9. The number of carbonyl (C=O) groups excluding carboxylic acids is 2. The average molecular weight is 467 g/mol. The molecule has 0 saturated heterocycles. The molecule has 30 heavy (non-hydrogen) atoms. The van der Waals surface area contributed by atoms with E-state index in [1.54, 1.807) is 12.1 Å². The van der Waals surface area contributed by atoms with Crippen LogP contribution in [0, 0.1) is 0 Å². The summed E-state index contributed by atoms with van der Waals surface area (Å²) in [6.45, 7) is 1.46. The van der Waals surface area contributed by atoms with Crippen LogP contribution < -0.4 is 9.62 Å². The molecule has 1 aliphatic rings. The highest BCUT2D eigenvalue weighted by Crippen LogP contribution is 2.41. The SMILES string of the molecule is COC(=O)c1sc(-c2ccco2)cc1S(=O)(=O)N1c2ccc(Cl)cc2NC(=O)C1C. The molecule has 1 unspecified atom stereocenters. The van der Waals surface area contributed by atoms with Gasteiger partial charge in [0.15, 0.2) is 0 Å². The summed E-state index contributed by atoms with van der Waals surface area (Å²) in [5.41, 5.74) is 0.503. The van der Waals surface area contributed by atoms with E-state index < -0.39 is 27.9 Å². The van der Waals surface area contributed by atoms with Gasteiger partial charge in [-0.05, 0) is 43.3 Å². The van der Waals surface area contributed by atoms with Crippen molar-refractivity contribution in [3.8, 4) is 10.6 Å². The van der Waals surface area contributed by atoms with E-state index in [9.17, 15) is 18.0 Å². The maximum absolute atomic E-state index is 13.7. The summed E-state index contributed by atoms with van der Waals surface area (Å²) in [5.74, 6) is -0.917. The zero-order valence-corrected chi connectivity index (χ0v) is 18.1. The number of methoxy groups -OCH3 is 1. The molecule has 2 aromatic heterocycles. The van der Waals surface area contributed by atoms with Crippen molar-refractivity contribution in [2.75, 3.05) is 16.7 Å². The zero-order valence-electron chi connectivity index (χ0n) is 15.7. The molecule has 4 rings (SSSR count). The lowest BCUT2D eigenvalue weighted by Gasteiger charge is -2.35. The lowest BCUT2D eigenvalue weighted by molar-refractivity contribution is -0.117. The van der Waals surface area contributed by atoms with Crippen molar-refractivity contribution in [2.45, 2.75) is 17.9 Å². The third-order valence-corrected chi connectivity index (χ3v) is 7.96. The summed E-state index contributed by atoms with van der Waals surface area (Å²) in [5, 5.41) is 2.99. The number of ether oxygens (including phenoxy) is 1. The number of hydrogen-bond acceptors (Lipinski definition) is 7. The number of benzene rings is 1. The van der Waals surface area contributed by atoms with Gasteiger partial charge >= 0.3 is 5.97 Å². The number of carbonyl (C=O) groups is 2. The summed E-state index contributed by atoms with van der Waals surface area (Å²) in [6, 6.07) is 8.09. The Balaban J connectivity index is 1.92. The molecular formula is C19H15ClN2O6S2. The van der Waals surface area contributed by atoms with Gasteiger partial charge in [0.2, 0.25) is 5.91 Å². The van der Waals surface area contributed by atoms with Crippen LogP contribution in [0.5, 0.6) is 0 Å². The molecule has 1 aromatic carbocycles. The van der Waals surface area contributed by atoms with Crippen molar-refractivity contribution >= 4 is 56.2 Å². The Labute approximate surface area is 181 Å². The first-order valence-corrected chi connectivity index (χ1v) is 11.3. The van der Waals surface area contributed by atoms with Crippen molar-refractivity contribution in [3.05, 3.63) is 52.6 Å². The van der Waals surface area contributed by atoms with Gasteiger partial charge in [-0.2, -0.15) is 0 Å². The van der Waals surface area contributed by atoms with Crippen molar-refractivity contribution in [3.63, 3.8) is 0 Å². The number of esters is 1. The maximum atomic E-state index is 13.7. The van der Waals surface area contributed by atoms with Crippen molar-refractivity contribution in [1.82, 2.24) is 0 Å². The Morgan fingerprint density at radius 2 is 2.07 bits per heavy atom. The van der Waals surface area contributed by atoms with Gasteiger partial charge in [-0.25, -0.2) is 13.2 Å². The minimum Gasteiger partial charge on any atom is -0.465 e. The first kappa shape index (κ1) is 20.5. The number of thiophene rings is 1. The quantitative estimate of drug-likeness (QED) is 0.583. The first-order chi connectivity index (χ1) is 14.2. The number of hydrogen-bond donors (Lipinski definition) is 1. The second-order valence-electron chi connectivity index (χ2n) is 6.40. The van der Waals surface area contributed by atoms with E-state index in [1.807, 2.05) is 0 Å². The Morgan fingerprint density at radius 1 is 1.30 bits per heavy atom. The van der Waals surface area contributed by atoms with Crippen LogP contribution in [0.4, 0.5) is 11.4 Å². The molecule has 3 aromatic rings. The topological polar surface area (TPSA) is 106 Å². The number of nitrogens with one attached hydrogen (secondary N) is 1. The Hall–Kier alpha value is -2.82. The molecule has 0 fully saturated rings. The highest BCUT2D eigenvalue weighted by Gasteiger charge is 2.41. The van der Waals surface area contributed by atoms with Crippen LogP contribution in [0.15, 0.2) is 52.0 Å². The molecule has 156 valence electrons. The van der Waals surface area contributed by atoms with Crippen LogP contribution in [0.3, 0.4) is 0 Å². The van der Waals surface area contributed by atoms with Crippen LogP contribution in [0.25, 0.3) is 10.6 Å².